The summed E-state index contributed by atoms with van der Waals surface area (Å²) in [5, 5.41) is 2.53. The number of nitrogens with one attached hydrogen (secondary N) is 1. The minimum atomic E-state index is -2.28. The van der Waals surface area contributed by atoms with Crippen molar-refractivity contribution in [2.24, 2.45) is 23.2 Å². The first-order chi connectivity index (χ1) is 13.7. The average Bonchev–Trinajstić information content (AvgIpc) is 2.68. The number of ether oxygens (including phenoxy) is 1. The second-order valence-corrected chi connectivity index (χ2v) is 8.59. The normalized spacial score (nSPS) is 29.8. The quantitative estimate of drug-likeness (QED) is 0.344. The third kappa shape index (κ3) is 3.48. The number of rotatable bonds is 5. The molecule has 0 saturated heterocycles. The van der Waals surface area contributed by atoms with Gasteiger partial charge in [-0.25, -0.2) is 22.0 Å². The highest BCUT2D eigenvalue weighted by Crippen LogP contribution is 2.60. The second-order valence-electron chi connectivity index (χ2n) is 8.59. The Balaban J connectivity index is 1.34. The highest BCUT2D eigenvalue weighted by atomic mass is 19.2. The molecule has 0 spiro atoms. The largest absolute Gasteiger partial charge is 0.459 e. The lowest BCUT2D eigenvalue weighted by molar-refractivity contribution is -0.151. The molecule has 0 unspecified atom stereocenters. The van der Waals surface area contributed by atoms with Crippen molar-refractivity contribution in [1.82, 2.24) is 5.32 Å². The topological polar surface area (TPSA) is 55.4 Å². The zero-order chi connectivity index (χ0) is 20.9. The van der Waals surface area contributed by atoms with Crippen molar-refractivity contribution in [3.63, 3.8) is 0 Å². The van der Waals surface area contributed by atoms with Gasteiger partial charge in [-0.05, 0) is 56.3 Å². The molecule has 0 atom stereocenters. The minimum absolute atomic E-state index is 0.232. The smallest absolute Gasteiger partial charge is 0.325 e. The molecule has 1 aromatic rings. The second kappa shape index (κ2) is 7.25. The number of esters is 1. The van der Waals surface area contributed by atoms with E-state index in [0.717, 1.165) is 38.5 Å². The zero-order valence-corrected chi connectivity index (χ0v) is 15.5. The number of halogens is 5. The van der Waals surface area contributed by atoms with Gasteiger partial charge in [-0.1, -0.05) is 0 Å². The Hall–Kier alpha value is -2.19. The van der Waals surface area contributed by atoms with Crippen molar-refractivity contribution in [3.05, 3.63) is 34.6 Å². The van der Waals surface area contributed by atoms with Crippen molar-refractivity contribution in [3.8, 4) is 0 Å². The van der Waals surface area contributed by atoms with Gasteiger partial charge in [0.1, 0.15) is 13.2 Å². The third-order valence-electron chi connectivity index (χ3n) is 6.59. The summed E-state index contributed by atoms with van der Waals surface area (Å²) >= 11 is 0. The van der Waals surface area contributed by atoms with Gasteiger partial charge in [0.2, 0.25) is 11.7 Å². The first-order valence-corrected chi connectivity index (χ1v) is 9.64. The fourth-order valence-corrected chi connectivity index (χ4v) is 5.71. The van der Waals surface area contributed by atoms with E-state index in [1.54, 1.807) is 0 Å². The van der Waals surface area contributed by atoms with Crippen LogP contribution in [-0.2, 0) is 20.9 Å². The Kier molecular flexibility index (Phi) is 5.02. The van der Waals surface area contributed by atoms with E-state index in [0.29, 0.717) is 17.8 Å². The van der Waals surface area contributed by atoms with Gasteiger partial charge in [0.25, 0.3) is 0 Å². The lowest BCUT2D eigenvalue weighted by atomic mass is 9.49. The number of carbonyl (C=O) groups is 2. The third-order valence-corrected chi connectivity index (χ3v) is 6.59. The van der Waals surface area contributed by atoms with Gasteiger partial charge in [-0.15, -0.1) is 0 Å². The Morgan fingerprint density at radius 1 is 0.828 bits per heavy atom. The van der Waals surface area contributed by atoms with Crippen molar-refractivity contribution in [2.45, 2.75) is 45.1 Å². The molecule has 4 aliphatic carbocycles. The molecule has 9 heteroatoms. The van der Waals surface area contributed by atoms with Crippen molar-refractivity contribution < 1.29 is 36.3 Å². The number of hydrogen-bond acceptors (Lipinski definition) is 3. The molecule has 4 aliphatic rings. The van der Waals surface area contributed by atoms with E-state index in [2.05, 4.69) is 10.1 Å². The number of hydrogen-bond donors (Lipinski definition) is 1. The summed E-state index contributed by atoms with van der Waals surface area (Å²) in [6.07, 6.45) is 5.84. The van der Waals surface area contributed by atoms with Gasteiger partial charge in [0, 0.05) is 5.41 Å². The van der Waals surface area contributed by atoms with Gasteiger partial charge in [-0.2, -0.15) is 0 Å². The van der Waals surface area contributed by atoms with Gasteiger partial charge in [-0.3, -0.25) is 9.59 Å². The van der Waals surface area contributed by atoms with Crippen LogP contribution in [0.25, 0.3) is 0 Å². The van der Waals surface area contributed by atoms with Crippen LogP contribution in [0.5, 0.6) is 0 Å². The fourth-order valence-electron chi connectivity index (χ4n) is 5.71. The summed E-state index contributed by atoms with van der Waals surface area (Å²) in [6.45, 7) is -1.66. The Bertz CT molecular complexity index is 808. The lowest BCUT2D eigenvalue weighted by Gasteiger charge is -2.55. The van der Waals surface area contributed by atoms with Crippen molar-refractivity contribution in [2.75, 3.05) is 6.54 Å². The first-order valence-electron chi connectivity index (χ1n) is 9.64. The molecule has 1 N–H and O–H groups in total. The van der Waals surface area contributed by atoms with E-state index in [9.17, 15) is 31.5 Å². The Labute approximate surface area is 163 Å². The molecule has 5 rings (SSSR count). The van der Waals surface area contributed by atoms with Crippen LogP contribution in [-0.4, -0.2) is 18.4 Å². The van der Waals surface area contributed by atoms with Gasteiger partial charge in [0.15, 0.2) is 23.3 Å². The minimum Gasteiger partial charge on any atom is -0.459 e. The van der Waals surface area contributed by atoms with E-state index in [1.807, 2.05) is 0 Å². The molecule has 4 bridgehead atoms. The molecule has 1 amide bonds. The Morgan fingerprint density at radius 2 is 1.28 bits per heavy atom. The predicted octanol–water partition coefficient (Wildman–Crippen LogP) is 3.76. The van der Waals surface area contributed by atoms with Crippen molar-refractivity contribution in [1.29, 1.82) is 0 Å². The van der Waals surface area contributed by atoms with E-state index in [-0.39, 0.29) is 5.91 Å². The maximum Gasteiger partial charge on any atom is 0.325 e. The van der Waals surface area contributed by atoms with Gasteiger partial charge >= 0.3 is 5.97 Å². The van der Waals surface area contributed by atoms with Crippen LogP contribution in [0.15, 0.2) is 0 Å². The van der Waals surface area contributed by atoms with Crippen LogP contribution in [0.1, 0.15) is 44.1 Å². The van der Waals surface area contributed by atoms with Crippen LogP contribution in [0, 0.1) is 52.3 Å². The molecule has 4 nitrogen and oxygen atoms in total. The highest BCUT2D eigenvalue weighted by molar-refractivity contribution is 5.86. The SMILES string of the molecule is O=C(CNC(=O)C12CC3CC(CC(C3)C1)C2)OCc1c(F)c(F)c(F)c(F)c1F. The summed E-state index contributed by atoms with van der Waals surface area (Å²) in [6, 6.07) is 0. The molecule has 0 aromatic heterocycles. The lowest BCUT2D eigenvalue weighted by Crippen LogP contribution is -2.54. The predicted molar refractivity (Wildman–Crippen MR) is 89.6 cm³/mol. The molecular weight excluding hydrogens is 397 g/mol. The monoisotopic (exact) mass is 417 g/mol. The molecule has 0 aliphatic heterocycles. The molecule has 4 fully saturated rings. The molecule has 0 radical (unpaired) electrons. The van der Waals surface area contributed by atoms with E-state index in [1.165, 1.54) is 0 Å². The molecule has 29 heavy (non-hydrogen) atoms. The molecule has 0 heterocycles. The van der Waals surface area contributed by atoms with Gasteiger partial charge in [0.05, 0.1) is 5.56 Å². The summed E-state index contributed by atoms with van der Waals surface area (Å²) in [7, 11) is 0. The molecule has 1 aromatic carbocycles. The van der Waals surface area contributed by atoms with Crippen LogP contribution in [0.3, 0.4) is 0 Å². The molecule has 158 valence electrons. The average molecular weight is 417 g/mol. The number of amides is 1. The van der Waals surface area contributed by atoms with E-state index >= 15 is 0 Å². The summed E-state index contributed by atoms with van der Waals surface area (Å²) in [5.41, 5.74) is -1.71. The zero-order valence-electron chi connectivity index (χ0n) is 15.5. The standard InChI is InChI=1S/C20H20F5NO3/c21-14-12(15(22)17(24)18(25)16(14)23)8-29-13(27)7-26-19(28)20-4-9-1-10(5-20)3-11(2-9)6-20/h9-11H,1-8H2,(H,26,28). The molecule has 4 saturated carbocycles. The number of benzene rings is 1. The van der Waals surface area contributed by atoms with Crippen LogP contribution in [0.4, 0.5) is 22.0 Å². The van der Waals surface area contributed by atoms with Crippen LogP contribution >= 0.6 is 0 Å². The summed E-state index contributed by atoms with van der Waals surface area (Å²) < 4.78 is 71.2. The summed E-state index contributed by atoms with van der Waals surface area (Å²) in [5.74, 6) is -10.2. The summed E-state index contributed by atoms with van der Waals surface area (Å²) in [4.78, 5) is 24.6. The van der Waals surface area contributed by atoms with Crippen molar-refractivity contribution >= 4 is 11.9 Å². The fraction of sp³-hybridized carbons (Fsp3) is 0.600. The number of carbonyl (C=O) groups excluding carboxylic acids is 2. The van der Waals surface area contributed by atoms with E-state index < -0.39 is 59.2 Å². The van der Waals surface area contributed by atoms with Crippen LogP contribution < -0.4 is 5.32 Å². The molecular formula is C20H20F5NO3. The maximum atomic E-state index is 13.6. The van der Waals surface area contributed by atoms with E-state index in [4.69, 9.17) is 0 Å². The Morgan fingerprint density at radius 3 is 1.76 bits per heavy atom. The van der Waals surface area contributed by atoms with Crippen LogP contribution in [0.2, 0.25) is 0 Å². The maximum absolute atomic E-state index is 13.6. The highest BCUT2D eigenvalue weighted by Gasteiger charge is 2.54. The van der Waals surface area contributed by atoms with Gasteiger partial charge < -0.3 is 10.1 Å². The first kappa shape index (κ1) is 20.1.